The highest BCUT2D eigenvalue weighted by atomic mass is 16.2. The molecule has 2 N–H and O–H groups in total. The van der Waals surface area contributed by atoms with Crippen LogP contribution in [0.5, 0.6) is 0 Å². The Kier molecular flexibility index (Phi) is 20.1. The molecule has 0 rings (SSSR count). The molecule has 0 bridgehead atoms. The molecule has 0 heterocycles. The standard InChI is InChI=1S/C6H15N.C2H6O/c1-3-4-5-6-7-2;1-2-3/h7H,3-6H2,1-2H3;3H,2H2,1H3. The van der Waals surface area contributed by atoms with Crippen LogP contribution in [-0.2, 0) is 0 Å². The fourth-order valence-corrected chi connectivity index (χ4v) is 0.552. The Morgan fingerprint density at radius 1 is 1.20 bits per heavy atom. The van der Waals surface area contributed by atoms with E-state index in [0.29, 0.717) is 0 Å². The highest BCUT2D eigenvalue weighted by Gasteiger charge is 1.78. The van der Waals surface area contributed by atoms with Crippen LogP contribution in [0.2, 0.25) is 0 Å². The summed E-state index contributed by atoms with van der Waals surface area (Å²) in [7, 11) is 2.00. The van der Waals surface area contributed by atoms with Crippen LogP contribution in [0.25, 0.3) is 0 Å². The van der Waals surface area contributed by atoms with Crippen molar-refractivity contribution in [2.45, 2.75) is 33.1 Å². The fraction of sp³-hybridized carbons (Fsp3) is 1.00. The Balaban J connectivity index is 0. The summed E-state index contributed by atoms with van der Waals surface area (Å²) in [6.07, 6.45) is 4.01. The van der Waals surface area contributed by atoms with Crippen molar-refractivity contribution in [3.8, 4) is 0 Å². The molecule has 64 valence electrons. The number of rotatable bonds is 4. The van der Waals surface area contributed by atoms with Gasteiger partial charge in [0.1, 0.15) is 0 Å². The molecule has 0 amide bonds. The molecule has 0 aromatic heterocycles. The van der Waals surface area contributed by atoms with Crippen molar-refractivity contribution in [1.29, 1.82) is 0 Å². The summed E-state index contributed by atoms with van der Waals surface area (Å²) in [6, 6.07) is 0. The van der Waals surface area contributed by atoms with Crippen molar-refractivity contribution in [3.63, 3.8) is 0 Å². The van der Waals surface area contributed by atoms with Crippen molar-refractivity contribution >= 4 is 0 Å². The van der Waals surface area contributed by atoms with Gasteiger partial charge in [-0.05, 0) is 26.9 Å². The van der Waals surface area contributed by atoms with Crippen LogP contribution in [-0.4, -0.2) is 25.3 Å². The van der Waals surface area contributed by atoms with E-state index in [1.54, 1.807) is 6.92 Å². The predicted molar refractivity (Wildman–Crippen MR) is 46.2 cm³/mol. The van der Waals surface area contributed by atoms with Gasteiger partial charge in [-0.3, -0.25) is 0 Å². The van der Waals surface area contributed by atoms with E-state index in [9.17, 15) is 0 Å². The molecule has 0 aliphatic rings. The average Bonchev–Trinajstić information content (AvgIpc) is 1.91. The predicted octanol–water partition coefficient (Wildman–Crippen LogP) is 1.39. The molecule has 2 heteroatoms. The maximum Gasteiger partial charge on any atom is 0.0402 e. The van der Waals surface area contributed by atoms with E-state index in [-0.39, 0.29) is 6.61 Å². The zero-order chi connectivity index (χ0) is 8.24. The van der Waals surface area contributed by atoms with Gasteiger partial charge in [0.2, 0.25) is 0 Å². The number of unbranched alkanes of at least 4 members (excludes halogenated alkanes) is 2. The molecule has 0 radical (unpaired) electrons. The lowest BCUT2D eigenvalue weighted by atomic mass is 10.2. The largest absolute Gasteiger partial charge is 0.397 e. The maximum atomic E-state index is 7.57. The highest BCUT2D eigenvalue weighted by Crippen LogP contribution is 1.89. The number of hydrogen-bond donors (Lipinski definition) is 2. The second-order valence-corrected chi connectivity index (χ2v) is 2.13. The van der Waals surface area contributed by atoms with E-state index >= 15 is 0 Å². The van der Waals surface area contributed by atoms with Gasteiger partial charge in [-0.25, -0.2) is 0 Å². The molecule has 0 saturated carbocycles. The van der Waals surface area contributed by atoms with E-state index in [1.807, 2.05) is 7.05 Å². The highest BCUT2D eigenvalue weighted by molar-refractivity contribution is 4.39. The topological polar surface area (TPSA) is 32.3 Å². The van der Waals surface area contributed by atoms with Crippen molar-refractivity contribution in [3.05, 3.63) is 0 Å². The van der Waals surface area contributed by atoms with Gasteiger partial charge in [0.15, 0.2) is 0 Å². The monoisotopic (exact) mass is 147 g/mol. The smallest absolute Gasteiger partial charge is 0.0402 e. The number of aliphatic hydroxyl groups is 1. The summed E-state index contributed by atoms with van der Waals surface area (Å²) in [5.74, 6) is 0. The minimum atomic E-state index is 0.250. The molecule has 0 atom stereocenters. The Labute approximate surface area is 64.6 Å². The molecular weight excluding hydrogens is 126 g/mol. The summed E-state index contributed by atoms with van der Waals surface area (Å²) in [6.45, 7) is 5.32. The molecule has 0 saturated heterocycles. The van der Waals surface area contributed by atoms with E-state index < -0.39 is 0 Å². The van der Waals surface area contributed by atoms with Gasteiger partial charge < -0.3 is 10.4 Å². The number of aliphatic hydroxyl groups excluding tert-OH is 1. The normalized spacial score (nSPS) is 8.40. The van der Waals surface area contributed by atoms with Crippen LogP contribution in [0.4, 0.5) is 0 Å². The van der Waals surface area contributed by atoms with Crippen LogP contribution in [0.15, 0.2) is 0 Å². The van der Waals surface area contributed by atoms with Crippen LogP contribution in [0, 0.1) is 0 Å². The van der Waals surface area contributed by atoms with Gasteiger partial charge in [-0.15, -0.1) is 0 Å². The minimum absolute atomic E-state index is 0.250. The fourth-order valence-electron chi connectivity index (χ4n) is 0.552. The van der Waals surface area contributed by atoms with E-state index in [0.717, 1.165) is 0 Å². The van der Waals surface area contributed by atoms with Crippen LogP contribution in [0.1, 0.15) is 33.1 Å². The van der Waals surface area contributed by atoms with Gasteiger partial charge in [0, 0.05) is 6.61 Å². The van der Waals surface area contributed by atoms with Gasteiger partial charge in [-0.1, -0.05) is 19.8 Å². The second kappa shape index (κ2) is 16.0. The zero-order valence-corrected chi connectivity index (χ0v) is 7.48. The average molecular weight is 147 g/mol. The summed E-state index contributed by atoms with van der Waals surface area (Å²) < 4.78 is 0. The van der Waals surface area contributed by atoms with Crippen LogP contribution in [0.3, 0.4) is 0 Å². The quantitative estimate of drug-likeness (QED) is 0.589. The Bertz CT molecular complexity index is 36.2. The Morgan fingerprint density at radius 2 is 1.70 bits per heavy atom. The molecule has 0 fully saturated rings. The molecule has 0 spiro atoms. The lowest BCUT2D eigenvalue weighted by molar-refractivity contribution is 0.318. The van der Waals surface area contributed by atoms with Crippen LogP contribution >= 0.6 is 0 Å². The van der Waals surface area contributed by atoms with Crippen molar-refractivity contribution in [2.75, 3.05) is 20.2 Å². The van der Waals surface area contributed by atoms with Gasteiger partial charge >= 0.3 is 0 Å². The second-order valence-electron chi connectivity index (χ2n) is 2.13. The zero-order valence-electron chi connectivity index (χ0n) is 7.48. The third-order valence-electron chi connectivity index (χ3n) is 1.03. The van der Waals surface area contributed by atoms with Crippen molar-refractivity contribution < 1.29 is 5.11 Å². The SMILES string of the molecule is CCCCCNC.CCO. The van der Waals surface area contributed by atoms with Crippen LogP contribution < -0.4 is 5.32 Å². The summed E-state index contributed by atoms with van der Waals surface area (Å²) in [5.41, 5.74) is 0. The molecule has 2 nitrogen and oxygen atoms in total. The maximum absolute atomic E-state index is 7.57. The van der Waals surface area contributed by atoms with Crippen molar-refractivity contribution in [2.24, 2.45) is 0 Å². The number of hydrogen-bond acceptors (Lipinski definition) is 2. The molecule has 0 aliphatic carbocycles. The van der Waals surface area contributed by atoms with E-state index in [1.165, 1.54) is 25.8 Å². The summed E-state index contributed by atoms with van der Waals surface area (Å²) in [4.78, 5) is 0. The molecule has 0 aliphatic heterocycles. The lowest BCUT2D eigenvalue weighted by Crippen LogP contribution is -2.06. The Morgan fingerprint density at radius 3 is 2.00 bits per heavy atom. The minimum Gasteiger partial charge on any atom is -0.397 e. The third kappa shape index (κ3) is 24.7. The first-order valence-corrected chi connectivity index (χ1v) is 4.08. The molecular formula is C8H21NO. The van der Waals surface area contributed by atoms with Gasteiger partial charge in [-0.2, -0.15) is 0 Å². The molecule has 0 aromatic carbocycles. The van der Waals surface area contributed by atoms with E-state index in [2.05, 4.69) is 12.2 Å². The number of nitrogens with one attached hydrogen (secondary N) is 1. The first-order chi connectivity index (χ1) is 4.83. The lowest BCUT2D eigenvalue weighted by Gasteiger charge is -1.93. The van der Waals surface area contributed by atoms with Crippen molar-refractivity contribution in [1.82, 2.24) is 5.32 Å². The molecule has 10 heavy (non-hydrogen) atoms. The van der Waals surface area contributed by atoms with E-state index in [4.69, 9.17) is 5.11 Å². The summed E-state index contributed by atoms with van der Waals surface area (Å²) >= 11 is 0. The third-order valence-corrected chi connectivity index (χ3v) is 1.03. The molecule has 0 unspecified atom stereocenters. The van der Waals surface area contributed by atoms with Gasteiger partial charge in [0.25, 0.3) is 0 Å². The Hall–Kier alpha value is -0.0800. The molecule has 0 aromatic rings. The summed E-state index contributed by atoms with van der Waals surface area (Å²) in [5, 5.41) is 10.7. The first kappa shape index (κ1) is 12.6. The van der Waals surface area contributed by atoms with Gasteiger partial charge in [0.05, 0.1) is 0 Å². The first-order valence-electron chi connectivity index (χ1n) is 4.08.